The molecule has 3 aromatic rings. The molecule has 1 saturated heterocycles. The SMILES string of the molecule is CC(=O)c1ccc(-c2ccc(C(=O)Nc3cccnc3N3CCNCC3)o2)cc1. The van der Waals surface area contributed by atoms with Crippen LogP contribution < -0.4 is 15.5 Å². The number of hydrogen-bond donors (Lipinski definition) is 2. The molecular weight excluding hydrogens is 368 g/mol. The number of nitrogens with one attached hydrogen (secondary N) is 2. The van der Waals surface area contributed by atoms with Crippen molar-refractivity contribution in [2.24, 2.45) is 0 Å². The third kappa shape index (κ3) is 4.20. The number of nitrogens with zero attached hydrogens (tertiary/aromatic N) is 2. The molecule has 3 heterocycles. The van der Waals surface area contributed by atoms with Crippen molar-refractivity contribution < 1.29 is 14.0 Å². The first-order valence-corrected chi connectivity index (χ1v) is 9.55. The van der Waals surface area contributed by atoms with E-state index in [0.717, 1.165) is 37.6 Å². The van der Waals surface area contributed by atoms with E-state index in [1.165, 1.54) is 6.92 Å². The lowest BCUT2D eigenvalue weighted by molar-refractivity contribution is 0.0994. The van der Waals surface area contributed by atoms with Crippen molar-refractivity contribution >= 4 is 23.2 Å². The second-order valence-corrected chi connectivity index (χ2v) is 6.86. The molecule has 2 N–H and O–H groups in total. The van der Waals surface area contributed by atoms with Gasteiger partial charge in [0.05, 0.1) is 5.69 Å². The number of furan rings is 1. The lowest BCUT2D eigenvalue weighted by Gasteiger charge is -2.29. The molecule has 29 heavy (non-hydrogen) atoms. The minimum atomic E-state index is -0.332. The number of pyridine rings is 1. The third-order valence-electron chi connectivity index (χ3n) is 4.86. The Hall–Kier alpha value is -3.45. The summed E-state index contributed by atoms with van der Waals surface area (Å²) >= 11 is 0. The first-order valence-electron chi connectivity index (χ1n) is 9.55. The molecule has 1 aliphatic rings. The Balaban J connectivity index is 1.51. The molecule has 1 aliphatic heterocycles. The zero-order valence-electron chi connectivity index (χ0n) is 16.1. The average Bonchev–Trinajstić information content (AvgIpc) is 3.25. The number of carbonyl (C=O) groups excluding carboxylic acids is 2. The zero-order chi connectivity index (χ0) is 20.2. The van der Waals surface area contributed by atoms with Crippen molar-refractivity contribution in [2.45, 2.75) is 6.92 Å². The van der Waals surface area contributed by atoms with Crippen LogP contribution in [0.25, 0.3) is 11.3 Å². The van der Waals surface area contributed by atoms with Gasteiger partial charge in [0.2, 0.25) is 0 Å². The summed E-state index contributed by atoms with van der Waals surface area (Å²) in [6, 6.07) is 14.1. The highest BCUT2D eigenvalue weighted by molar-refractivity contribution is 6.04. The van der Waals surface area contributed by atoms with Crippen LogP contribution in [-0.2, 0) is 0 Å². The lowest BCUT2D eigenvalue weighted by Crippen LogP contribution is -2.44. The van der Waals surface area contributed by atoms with Crippen molar-refractivity contribution in [1.82, 2.24) is 10.3 Å². The van der Waals surface area contributed by atoms with Crippen molar-refractivity contribution in [3.8, 4) is 11.3 Å². The molecule has 0 radical (unpaired) electrons. The van der Waals surface area contributed by atoms with Crippen LogP contribution in [0, 0.1) is 0 Å². The molecule has 0 aliphatic carbocycles. The summed E-state index contributed by atoms with van der Waals surface area (Å²) < 4.78 is 5.75. The normalized spacial score (nSPS) is 13.9. The number of rotatable bonds is 5. The Morgan fingerprint density at radius 2 is 1.83 bits per heavy atom. The molecule has 1 aromatic carbocycles. The highest BCUT2D eigenvalue weighted by Crippen LogP contribution is 2.26. The maximum absolute atomic E-state index is 12.7. The van der Waals surface area contributed by atoms with Crippen LogP contribution in [0.2, 0.25) is 0 Å². The van der Waals surface area contributed by atoms with Crippen molar-refractivity contribution in [1.29, 1.82) is 0 Å². The largest absolute Gasteiger partial charge is 0.451 e. The van der Waals surface area contributed by atoms with Crippen LogP contribution in [-0.4, -0.2) is 42.9 Å². The quantitative estimate of drug-likeness (QED) is 0.651. The Morgan fingerprint density at radius 1 is 1.07 bits per heavy atom. The number of anilines is 2. The van der Waals surface area contributed by atoms with E-state index in [-0.39, 0.29) is 17.5 Å². The van der Waals surface area contributed by atoms with Gasteiger partial charge in [0.1, 0.15) is 5.76 Å². The molecule has 4 rings (SSSR count). The number of ketones is 1. The van der Waals surface area contributed by atoms with E-state index in [1.54, 1.807) is 48.7 Å². The van der Waals surface area contributed by atoms with E-state index in [1.807, 2.05) is 6.07 Å². The third-order valence-corrected chi connectivity index (χ3v) is 4.86. The summed E-state index contributed by atoms with van der Waals surface area (Å²) in [5.41, 5.74) is 2.09. The molecule has 0 bridgehead atoms. The van der Waals surface area contributed by atoms with Crippen LogP contribution in [0.3, 0.4) is 0 Å². The van der Waals surface area contributed by atoms with E-state index in [0.29, 0.717) is 17.0 Å². The topological polar surface area (TPSA) is 87.5 Å². The monoisotopic (exact) mass is 390 g/mol. The van der Waals surface area contributed by atoms with Gasteiger partial charge >= 0.3 is 0 Å². The van der Waals surface area contributed by atoms with Crippen LogP contribution >= 0.6 is 0 Å². The molecule has 7 heteroatoms. The van der Waals surface area contributed by atoms with Gasteiger partial charge in [0.25, 0.3) is 5.91 Å². The minimum Gasteiger partial charge on any atom is -0.451 e. The van der Waals surface area contributed by atoms with Crippen molar-refractivity contribution in [2.75, 3.05) is 36.4 Å². The average molecular weight is 390 g/mol. The van der Waals surface area contributed by atoms with E-state index >= 15 is 0 Å². The fourth-order valence-corrected chi connectivity index (χ4v) is 3.29. The number of hydrogen-bond acceptors (Lipinski definition) is 6. The van der Waals surface area contributed by atoms with E-state index in [9.17, 15) is 9.59 Å². The Kier molecular flexibility index (Phi) is 5.39. The molecule has 1 fully saturated rings. The van der Waals surface area contributed by atoms with E-state index < -0.39 is 0 Å². The summed E-state index contributed by atoms with van der Waals surface area (Å²) in [6.07, 6.45) is 1.72. The number of carbonyl (C=O) groups is 2. The maximum atomic E-state index is 12.7. The number of amides is 1. The number of aromatic nitrogens is 1. The van der Waals surface area contributed by atoms with Crippen LogP contribution in [0.5, 0.6) is 0 Å². The predicted molar refractivity (Wildman–Crippen MR) is 111 cm³/mol. The molecule has 2 aromatic heterocycles. The van der Waals surface area contributed by atoms with Gasteiger partial charge in [0.15, 0.2) is 17.4 Å². The smallest absolute Gasteiger partial charge is 0.291 e. The van der Waals surface area contributed by atoms with Gasteiger partial charge in [-0.25, -0.2) is 4.98 Å². The number of piperazine rings is 1. The predicted octanol–water partition coefficient (Wildman–Crippen LogP) is 3.21. The fourth-order valence-electron chi connectivity index (χ4n) is 3.29. The fraction of sp³-hybridized carbons (Fsp3) is 0.227. The molecule has 0 atom stereocenters. The summed E-state index contributed by atoms with van der Waals surface area (Å²) in [5, 5.41) is 6.22. The molecule has 0 saturated carbocycles. The second-order valence-electron chi connectivity index (χ2n) is 6.86. The molecule has 0 unspecified atom stereocenters. The number of benzene rings is 1. The van der Waals surface area contributed by atoms with Gasteiger partial charge < -0.3 is 20.0 Å². The van der Waals surface area contributed by atoms with E-state index in [2.05, 4.69) is 20.5 Å². The standard InChI is InChI=1S/C22H22N4O3/c1-15(27)16-4-6-17(7-5-16)19-8-9-20(29-19)22(28)25-18-3-2-10-24-21(18)26-13-11-23-12-14-26/h2-10,23H,11-14H2,1H3,(H,25,28). The Bertz CT molecular complexity index is 1020. The van der Waals surface area contributed by atoms with Gasteiger partial charge in [-0.2, -0.15) is 0 Å². The zero-order valence-corrected chi connectivity index (χ0v) is 16.1. The highest BCUT2D eigenvalue weighted by atomic mass is 16.3. The molecule has 0 spiro atoms. The van der Waals surface area contributed by atoms with Gasteiger partial charge in [0, 0.05) is 43.5 Å². The van der Waals surface area contributed by atoms with Gasteiger partial charge in [-0.1, -0.05) is 24.3 Å². The summed E-state index contributed by atoms with van der Waals surface area (Å²) in [4.78, 5) is 30.7. The highest BCUT2D eigenvalue weighted by Gasteiger charge is 2.19. The summed E-state index contributed by atoms with van der Waals surface area (Å²) in [5.74, 6) is 1.22. The summed E-state index contributed by atoms with van der Waals surface area (Å²) in [7, 11) is 0. The first kappa shape index (κ1) is 18.9. The Labute approximate surface area is 168 Å². The van der Waals surface area contributed by atoms with Gasteiger partial charge in [-0.05, 0) is 31.2 Å². The summed E-state index contributed by atoms with van der Waals surface area (Å²) in [6.45, 7) is 4.96. The molecular formula is C22H22N4O3. The van der Waals surface area contributed by atoms with Crippen molar-refractivity contribution in [3.05, 3.63) is 66.1 Å². The van der Waals surface area contributed by atoms with Crippen molar-refractivity contribution in [3.63, 3.8) is 0 Å². The van der Waals surface area contributed by atoms with Gasteiger partial charge in [-0.3, -0.25) is 9.59 Å². The van der Waals surface area contributed by atoms with Crippen LogP contribution in [0.15, 0.2) is 59.1 Å². The molecule has 7 nitrogen and oxygen atoms in total. The minimum absolute atomic E-state index is 0.00724. The maximum Gasteiger partial charge on any atom is 0.291 e. The second kappa shape index (κ2) is 8.28. The molecule has 148 valence electrons. The van der Waals surface area contributed by atoms with E-state index in [4.69, 9.17) is 4.42 Å². The Morgan fingerprint density at radius 3 is 2.55 bits per heavy atom. The lowest BCUT2D eigenvalue weighted by atomic mass is 10.1. The first-order chi connectivity index (χ1) is 14.1. The number of Topliss-reactive ketones (excluding diaryl/α,β-unsaturated/α-hetero) is 1. The molecule has 1 amide bonds. The van der Waals surface area contributed by atoms with Gasteiger partial charge in [-0.15, -0.1) is 0 Å². The van der Waals surface area contributed by atoms with Crippen LogP contribution in [0.1, 0.15) is 27.8 Å². The van der Waals surface area contributed by atoms with Crippen LogP contribution in [0.4, 0.5) is 11.5 Å².